The van der Waals surface area contributed by atoms with E-state index in [1.807, 2.05) is 0 Å². The monoisotopic (exact) mass is 319 g/mol. The highest BCUT2D eigenvalue weighted by atomic mass is 32.2. The number of sulfonamides is 1. The topological polar surface area (TPSA) is 93.0 Å². The lowest BCUT2D eigenvalue weighted by atomic mass is 10.2. The van der Waals surface area contributed by atoms with Gasteiger partial charge in [0, 0.05) is 6.21 Å². The van der Waals surface area contributed by atoms with Crippen LogP contribution in [0.5, 0.6) is 5.75 Å². The van der Waals surface area contributed by atoms with Gasteiger partial charge in [-0.05, 0) is 54.1 Å². The van der Waals surface area contributed by atoms with Crippen LogP contribution in [0.3, 0.4) is 0 Å². The van der Waals surface area contributed by atoms with Crippen molar-refractivity contribution in [2.24, 2.45) is 4.40 Å². The third-order valence-electron chi connectivity index (χ3n) is 2.86. The molecule has 0 aliphatic carbocycles. The van der Waals surface area contributed by atoms with E-state index >= 15 is 0 Å². The number of nitrogens with zero attached hydrogens (tertiary/aromatic N) is 1. The largest absolute Gasteiger partial charge is 0.497 e. The van der Waals surface area contributed by atoms with Crippen LogP contribution in [0.1, 0.15) is 15.9 Å². The first-order valence-electron chi connectivity index (χ1n) is 6.20. The number of carbonyl (C=O) groups is 1. The number of carboxylic acid groups (broad SMARTS) is 1. The van der Waals surface area contributed by atoms with Crippen molar-refractivity contribution in [3.05, 3.63) is 59.7 Å². The van der Waals surface area contributed by atoms with Gasteiger partial charge in [0.15, 0.2) is 0 Å². The number of methoxy groups -OCH3 is 1. The summed E-state index contributed by atoms with van der Waals surface area (Å²) in [4.78, 5) is 10.7. The summed E-state index contributed by atoms with van der Waals surface area (Å²) < 4.78 is 32.7. The van der Waals surface area contributed by atoms with Crippen molar-refractivity contribution in [1.82, 2.24) is 0 Å². The van der Waals surface area contributed by atoms with Crippen LogP contribution in [0.4, 0.5) is 0 Å². The van der Waals surface area contributed by atoms with Gasteiger partial charge in [0.25, 0.3) is 10.0 Å². The van der Waals surface area contributed by atoms with Crippen molar-refractivity contribution in [1.29, 1.82) is 0 Å². The van der Waals surface area contributed by atoms with Crippen molar-refractivity contribution < 1.29 is 23.1 Å². The molecule has 7 heteroatoms. The molecule has 114 valence electrons. The molecule has 2 rings (SSSR count). The molecule has 2 aromatic carbocycles. The van der Waals surface area contributed by atoms with Crippen molar-refractivity contribution in [3.63, 3.8) is 0 Å². The van der Waals surface area contributed by atoms with Crippen LogP contribution in [0.25, 0.3) is 0 Å². The predicted octanol–water partition coefficient (Wildman–Crippen LogP) is 2.20. The Morgan fingerprint density at radius 3 is 2.18 bits per heavy atom. The van der Waals surface area contributed by atoms with E-state index < -0.39 is 16.0 Å². The normalized spacial score (nSPS) is 11.5. The van der Waals surface area contributed by atoms with Crippen LogP contribution in [-0.2, 0) is 10.0 Å². The smallest absolute Gasteiger partial charge is 0.335 e. The van der Waals surface area contributed by atoms with Crippen LogP contribution in [0.15, 0.2) is 57.8 Å². The summed E-state index contributed by atoms with van der Waals surface area (Å²) in [6.45, 7) is 0. The molecule has 0 spiro atoms. The molecule has 0 radical (unpaired) electrons. The molecular formula is C15H13NO5S. The molecule has 22 heavy (non-hydrogen) atoms. The molecule has 0 aromatic heterocycles. The number of benzene rings is 2. The lowest BCUT2D eigenvalue weighted by molar-refractivity contribution is 0.0696. The van der Waals surface area contributed by atoms with Crippen LogP contribution in [0.2, 0.25) is 0 Å². The number of hydrogen-bond donors (Lipinski definition) is 1. The molecular weight excluding hydrogens is 306 g/mol. The zero-order chi connectivity index (χ0) is 16.2. The van der Waals surface area contributed by atoms with Gasteiger partial charge in [-0.25, -0.2) is 4.79 Å². The standard InChI is InChI=1S/C15H13NO5S/c1-21-13-6-2-11(3-7-13)10-16-22(19,20)14-8-4-12(5-9-14)15(17)18/h2-10H,1H3,(H,17,18). The first-order valence-corrected chi connectivity index (χ1v) is 7.64. The van der Waals surface area contributed by atoms with Gasteiger partial charge in [0.05, 0.1) is 17.6 Å². The third-order valence-corrected chi connectivity index (χ3v) is 4.11. The Morgan fingerprint density at radius 2 is 1.68 bits per heavy atom. The van der Waals surface area contributed by atoms with E-state index in [2.05, 4.69) is 4.40 Å². The quantitative estimate of drug-likeness (QED) is 0.853. The molecule has 0 heterocycles. The summed E-state index contributed by atoms with van der Waals surface area (Å²) in [7, 11) is -2.34. The molecule has 0 aliphatic heterocycles. The molecule has 1 N–H and O–H groups in total. The molecule has 2 aromatic rings. The highest BCUT2D eigenvalue weighted by Crippen LogP contribution is 2.14. The second-order valence-electron chi connectivity index (χ2n) is 4.31. The maximum atomic E-state index is 12.0. The molecule has 0 bridgehead atoms. The number of hydrogen-bond acceptors (Lipinski definition) is 4. The fourth-order valence-corrected chi connectivity index (χ4v) is 2.51. The average Bonchev–Trinajstić information content (AvgIpc) is 2.53. The number of carboxylic acids is 1. The zero-order valence-corrected chi connectivity index (χ0v) is 12.4. The van der Waals surface area contributed by atoms with Gasteiger partial charge in [-0.3, -0.25) is 0 Å². The minimum Gasteiger partial charge on any atom is -0.497 e. The van der Waals surface area contributed by atoms with E-state index in [9.17, 15) is 13.2 Å². The summed E-state index contributed by atoms with van der Waals surface area (Å²) in [5.41, 5.74) is 0.615. The summed E-state index contributed by atoms with van der Waals surface area (Å²) in [5, 5.41) is 8.78. The number of aromatic carboxylic acids is 1. The minimum atomic E-state index is -3.87. The molecule has 0 saturated carbocycles. The number of rotatable bonds is 5. The highest BCUT2D eigenvalue weighted by molar-refractivity contribution is 7.90. The third kappa shape index (κ3) is 3.70. The van der Waals surface area contributed by atoms with Crippen LogP contribution >= 0.6 is 0 Å². The molecule has 0 fully saturated rings. The van der Waals surface area contributed by atoms with E-state index in [1.54, 1.807) is 24.3 Å². The van der Waals surface area contributed by atoms with Crippen LogP contribution in [-0.4, -0.2) is 32.8 Å². The van der Waals surface area contributed by atoms with E-state index in [0.717, 1.165) is 0 Å². The Labute approximate surface area is 127 Å². The first kappa shape index (κ1) is 15.7. The predicted molar refractivity (Wildman–Crippen MR) is 81.2 cm³/mol. The second-order valence-corrected chi connectivity index (χ2v) is 5.94. The van der Waals surface area contributed by atoms with Crippen molar-refractivity contribution >= 4 is 22.2 Å². The van der Waals surface area contributed by atoms with Gasteiger partial charge in [0.2, 0.25) is 0 Å². The Morgan fingerprint density at radius 1 is 1.09 bits per heavy atom. The van der Waals surface area contributed by atoms with Crippen molar-refractivity contribution in [2.75, 3.05) is 7.11 Å². The lowest BCUT2D eigenvalue weighted by Gasteiger charge is -2.01. The highest BCUT2D eigenvalue weighted by Gasteiger charge is 2.12. The van der Waals surface area contributed by atoms with E-state index in [1.165, 1.54) is 37.6 Å². The van der Waals surface area contributed by atoms with E-state index in [4.69, 9.17) is 9.84 Å². The summed E-state index contributed by atoms with van der Waals surface area (Å²) in [6, 6.07) is 11.6. The van der Waals surface area contributed by atoms with Gasteiger partial charge in [-0.1, -0.05) is 0 Å². The van der Waals surface area contributed by atoms with Gasteiger partial charge in [-0.2, -0.15) is 12.8 Å². The number of ether oxygens (including phenoxy) is 1. The van der Waals surface area contributed by atoms with Crippen molar-refractivity contribution in [2.45, 2.75) is 4.90 Å². The summed E-state index contributed by atoms with van der Waals surface area (Å²) in [6.07, 6.45) is 1.22. The maximum Gasteiger partial charge on any atom is 0.335 e. The van der Waals surface area contributed by atoms with E-state index in [0.29, 0.717) is 11.3 Å². The molecule has 0 aliphatic rings. The van der Waals surface area contributed by atoms with Gasteiger partial charge in [0.1, 0.15) is 5.75 Å². The molecule has 0 saturated heterocycles. The zero-order valence-electron chi connectivity index (χ0n) is 11.6. The summed E-state index contributed by atoms with van der Waals surface area (Å²) >= 11 is 0. The van der Waals surface area contributed by atoms with Crippen LogP contribution in [0, 0.1) is 0 Å². The maximum absolute atomic E-state index is 12.0. The Bertz CT molecular complexity index is 793. The fraction of sp³-hybridized carbons (Fsp3) is 0.0667. The molecule has 0 amide bonds. The van der Waals surface area contributed by atoms with Crippen LogP contribution < -0.4 is 4.74 Å². The fourth-order valence-electron chi connectivity index (χ4n) is 1.65. The molecule has 0 unspecified atom stereocenters. The Balaban J connectivity index is 2.22. The molecule has 6 nitrogen and oxygen atoms in total. The van der Waals surface area contributed by atoms with E-state index in [-0.39, 0.29) is 10.5 Å². The van der Waals surface area contributed by atoms with Gasteiger partial charge >= 0.3 is 5.97 Å². The Kier molecular flexibility index (Phi) is 4.57. The van der Waals surface area contributed by atoms with Gasteiger partial charge in [-0.15, -0.1) is 0 Å². The van der Waals surface area contributed by atoms with Crippen molar-refractivity contribution in [3.8, 4) is 5.75 Å². The summed E-state index contributed by atoms with van der Waals surface area (Å²) in [5.74, 6) is -0.463. The molecule has 0 atom stereocenters. The Hall–Kier alpha value is -2.67. The average molecular weight is 319 g/mol. The van der Waals surface area contributed by atoms with Gasteiger partial charge < -0.3 is 9.84 Å². The second kappa shape index (κ2) is 6.40. The minimum absolute atomic E-state index is 0.0121. The lowest BCUT2D eigenvalue weighted by Crippen LogP contribution is -2.00. The SMILES string of the molecule is COc1ccc(C=NS(=O)(=O)c2ccc(C(=O)O)cc2)cc1. The first-order chi connectivity index (χ1) is 10.4.